The molecule has 1 aliphatic rings. The third kappa shape index (κ3) is 6.53. The molecule has 0 unspecified atom stereocenters. The van der Waals surface area contributed by atoms with Crippen LogP contribution in [0.4, 0.5) is 0 Å². The Labute approximate surface area is 125 Å². The maximum Gasteiger partial charge on any atom is 0.0589 e. The van der Waals surface area contributed by atoms with Crippen LogP contribution in [0.2, 0.25) is 0 Å². The highest BCUT2D eigenvalue weighted by molar-refractivity contribution is 4.88. The molecule has 0 bridgehead atoms. The number of methoxy groups -OCH3 is 2. The number of nitrogens with one attached hydrogen (secondary N) is 1. The minimum absolute atomic E-state index is 0.454. The first-order valence-corrected chi connectivity index (χ1v) is 8.17. The first kappa shape index (κ1) is 17.9. The van der Waals surface area contributed by atoms with Crippen LogP contribution >= 0.6 is 0 Å². The van der Waals surface area contributed by atoms with Gasteiger partial charge in [-0.1, -0.05) is 26.2 Å². The van der Waals surface area contributed by atoms with Crippen LogP contribution in [0.25, 0.3) is 0 Å². The summed E-state index contributed by atoms with van der Waals surface area (Å²) in [6.45, 7) is 9.22. The summed E-state index contributed by atoms with van der Waals surface area (Å²) < 4.78 is 10.5. The van der Waals surface area contributed by atoms with E-state index in [0.29, 0.717) is 5.41 Å². The van der Waals surface area contributed by atoms with Crippen LogP contribution in [0.5, 0.6) is 0 Å². The number of hydrogen-bond acceptors (Lipinski definition) is 4. The molecular weight excluding hydrogens is 252 g/mol. The van der Waals surface area contributed by atoms with Crippen molar-refractivity contribution in [3.8, 4) is 0 Å². The SMILES string of the molecule is CCNCC1(CN(CCOC)CCOC)CCCCC1. The molecule has 0 radical (unpaired) electrons. The highest BCUT2D eigenvalue weighted by atomic mass is 16.5. The number of nitrogens with zero attached hydrogens (tertiary/aromatic N) is 1. The smallest absolute Gasteiger partial charge is 0.0589 e. The molecule has 4 nitrogen and oxygen atoms in total. The van der Waals surface area contributed by atoms with Gasteiger partial charge in [-0.15, -0.1) is 0 Å². The fourth-order valence-electron chi connectivity index (χ4n) is 3.27. The largest absolute Gasteiger partial charge is 0.383 e. The number of rotatable bonds is 11. The third-order valence-electron chi connectivity index (χ3n) is 4.45. The minimum Gasteiger partial charge on any atom is -0.383 e. The van der Waals surface area contributed by atoms with Crippen LogP contribution in [0.3, 0.4) is 0 Å². The summed E-state index contributed by atoms with van der Waals surface area (Å²) in [7, 11) is 3.56. The van der Waals surface area contributed by atoms with Gasteiger partial charge in [0.05, 0.1) is 13.2 Å². The topological polar surface area (TPSA) is 33.7 Å². The Bertz CT molecular complexity index is 223. The van der Waals surface area contributed by atoms with Gasteiger partial charge in [0.1, 0.15) is 0 Å². The van der Waals surface area contributed by atoms with Crippen molar-refractivity contribution >= 4 is 0 Å². The van der Waals surface area contributed by atoms with Gasteiger partial charge in [0.2, 0.25) is 0 Å². The molecule has 1 aliphatic carbocycles. The normalized spacial score (nSPS) is 18.6. The fourth-order valence-corrected chi connectivity index (χ4v) is 3.27. The molecule has 0 aromatic heterocycles. The van der Waals surface area contributed by atoms with Gasteiger partial charge in [0.25, 0.3) is 0 Å². The van der Waals surface area contributed by atoms with Crippen molar-refractivity contribution in [1.82, 2.24) is 10.2 Å². The number of hydrogen-bond donors (Lipinski definition) is 1. The summed E-state index contributed by atoms with van der Waals surface area (Å²) in [6.07, 6.45) is 6.89. The fraction of sp³-hybridized carbons (Fsp3) is 1.00. The second-order valence-corrected chi connectivity index (χ2v) is 6.10. The average molecular weight is 286 g/mol. The molecule has 0 atom stereocenters. The van der Waals surface area contributed by atoms with Crippen molar-refractivity contribution in [3.63, 3.8) is 0 Å². The highest BCUT2D eigenvalue weighted by Gasteiger charge is 2.33. The monoisotopic (exact) mass is 286 g/mol. The van der Waals surface area contributed by atoms with E-state index in [-0.39, 0.29) is 0 Å². The van der Waals surface area contributed by atoms with E-state index in [4.69, 9.17) is 9.47 Å². The summed E-state index contributed by atoms with van der Waals surface area (Å²) in [4.78, 5) is 2.52. The van der Waals surface area contributed by atoms with Crippen LogP contribution in [0, 0.1) is 5.41 Å². The van der Waals surface area contributed by atoms with Crippen LogP contribution in [-0.4, -0.2) is 65.1 Å². The van der Waals surface area contributed by atoms with E-state index in [1.807, 2.05) is 0 Å². The molecule has 1 N–H and O–H groups in total. The lowest BCUT2D eigenvalue weighted by Gasteiger charge is -2.41. The lowest BCUT2D eigenvalue weighted by atomic mass is 9.73. The van der Waals surface area contributed by atoms with Crippen molar-refractivity contribution < 1.29 is 9.47 Å². The summed E-state index contributed by atoms with van der Waals surface area (Å²) in [5, 5.41) is 3.59. The Kier molecular flexibility index (Phi) is 9.44. The van der Waals surface area contributed by atoms with E-state index < -0.39 is 0 Å². The molecule has 4 heteroatoms. The van der Waals surface area contributed by atoms with E-state index in [1.165, 1.54) is 38.6 Å². The van der Waals surface area contributed by atoms with Gasteiger partial charge in [-0.05, 0) is 24.8 Å². The lowest BCUT2D eigenvalue weighted by Crippen LogP contribution is -2.47. The molecule has 1 rings (SSSR count). The van der Waals surface area contributed by atoms with Gasteiger partial charge in [-0.25, -0.2) is 0 Å². The van der Waals surface area contributed by atoms with Crippen LogP contribution < -0.4 is 5.32 Å². The number of ether oxygens (including phenoxy) is 2. The van der Waals surface area contributed by atoms with Crippen molar-refractivity contribution in [1.29, 1.82) is 0 Å². The Morgan fingerprint density at radius 3 is 2.10 bits per heavy atom. The Morgan fingerprint density at radius 2 is 1.60 bits per heavy atom. The quantitative estimate of drug-likeness (QED) is 0.631. The van der Waals surface area contributed by atoms with Crippen molar-refractivity contribution in [2.75, 3.05) is 60.2 Å². The summed E-state index contributed by atoms with van der Waals surface area (Å²) in [5.74, 6) is 0. The van der Waals surface area contributed by atoms with Crippen LogP contribution in [0.1, 0.15) is 39.0 Å². The molecule has 0 aromatic rings. The van der Waals surface area contributed by atoms with Gasteiger partial charge in [0, 0.05) is 40.4 Å². The predicted octanol–water partition coefficient (Wildman–Crippen LogP) is 2.14. The zero-order valence-corrected chi connectivity index (χ0v) is 13.7. The van der Waals surface area contributed by atoms with E-state index in [9.17, 15) is 0 Å². The summed E-state index contributed by atoms with van der Waals surface area (Å²) >= 11 is 0. The zero-order valence-electron chi connectivity index (χ0n) is 13.7. The summed E-state index contributed by atoms with van der Waals surface area (Å²) in [6, 6.07) is 0. The Hall–Kier alpha value is -0.160. The van der Waals surface area contributed by atoms with Gasteiger partial charge >= 0.3 is 0 Å². The third-order valence-corrected chi connectivity index (χ3v) is 4.45. The van der Waals surface area contributed by atoms with E-state index in [1.54, 1.807) is 14.2 Å². The molecule has 0 heterocycles. The molecule has 20 heavy (non-hydrogen) atoms. The average Bonchev–Trinajstić information content (AvgIpc) is 2.49. The molecular formula is C16H34N2O2. The van der Waals surface area contributed by atoms with Crippen molar-refractivity contribution in [2.24, 2.45) is 5.41 Å². The van der Waals surface area contributed by atoms with Gasteiger partial charge in [-0.2, -0.15) is 0 Å². The molecule has 0 spiro atoms. The minimum atomic E-state index is 0.454. The standard InChI is InChI=1S/C16H34N2O2/c1-4-17-14-16(8-6-5-7-9-16)15-18(10-12-19-2)11-13-20-3/h17H,4-15H2,1-3H3. The zero-order chi connectivity index (χ0) is 14.7. The lowest BCUT2D eigenvalue weighted by molar-refractivity contribution is 0.0605. The summed E-state index contributed by atoms with van der Waals surface area (Å²) in [5.41, 5.74) is 0.454. The molecule has 120 valence electrons. The van der Waals surface area contributed by atoms with Crippen LogP contribution in [-0.2, 0) is 9.47 Å². The molecule has 0 aliphatic heterocycles. The second kappa shape index (κ2) is 10.6. The van der Waals surface area contributed by atoms with Gasteiger partial charge in [0.15, 0.2) is 0 Å². The van der Waals surface area contributed by atoms with Crippen LogP contribution in [0.15, 0.2) is 0 Å². The Balaban J connectivity index is 2.56. The van der Waals surface area contributed by atoms with E-state index in [2.05, 4.69) is 17.1 Å². The van der Waals surface area contributed by atoms with Gasteiger partial charge < -0.3 is 14.8 Å². The maximum atomic E-state index is 5.26. The molecule has 1 saturated carbocycles. The predicted molar refractivity (Wildman–Crippen MR) is 84.3 cm³/mol. The first-order valence-electron chi connectivity index (χ1n) is 8.17. The van der Waals surface area contributed by atoms with E-state index >= 15 is 0 Å². The van der Waals surface area contributed by atoms with Gasteiger partial charge in [-0.3, -0.25) is 4.90 Å². The van der Waals surface area contributed by atoms with E-state index in [0.717, 1.165) is 39.4 Å². The molecule has 0 saturated heterocycles. The molecule has 0 amide bonds. The highest BCUT2D eigenvalue weighted by Crippen LogP contribution is 2.36. The first-order chi connectivity index (χ1) is 9.76. The maximum absolute atomic E-state index is 5.26. The second-order valence-electron chi connectivity index (χ2n) is 6.10. The molecule has 0 aromatic carbocycles. The van der Waals surface area contributed by atoms with Crippen molar-refractivity contribution in [2.45, 2.75) is 39.0 Å². The molecule has 1 fully saturated rings. The van der Waals surface area contributed by atoms with Crippen molar-refractivity contribution in [3.05, 3.63) is 0 Å². The Morgan fingerprint density at radius 1 is 1.00 bits per heavy atom.